The van der Waals surface area contributed by atoms with Crippen LogP contribution < -0.4 is 0 Å². The van der Waals surface area contributed by atoms with E-state index in [0.29, 0.717) is 29.8 Å². The van der Waals surface area contributed by atoms with Crippen molar-refractivity contribution in [3.05, 3.63) is 83.1 Å². The monoisotopic (exact) mass is 1070 g/mol. The number of likely N-dealkylation sites (N-methyl/N-ethyl adjacent to an activating group) is 4. The highest BCUT2D eigenvalue weighted by atomic mass is 35.5. The van der Waals surface area contributed by atoms with Gasteiger partial charge in [0.05, 0.1) is 11.4 Å². The molecule has 0 bridgehead atoms. The van der Waals surface area contributed by atoms with Gasteiger partial charge in [-0.15, -0.1) is 23.2 Å². The third-order valence-electron chi connectivity index (χ3n) is 13.3. The van der Waals surface area contributed by atoms with Gasteiger partial charge in [-0.1, -0.05) is 110 Å². The summed E-state index contributed by atoms with van der Waals surface area (Å²) in [6.07, 6.45) is -4.33. The molecule has 412 valence electrons. The summed E-state index contributed by atoms with van der Waals surface area (Å²) in [6, 6.07) is 10.2. The number of amides is 4. The molecule has 2 aromatic carbocycles. The van der Waals surface area contributed by atoms with Crippen LogP contribution in [0.5, 0.6) is 0 Å². The normalized spacial score (nSPS) is 24.6. The Morgan fingerprint density at radius 3 is 1.15 bits per heavy atom. The van der Waals surface area contributed by atoms with Crippen LogP contribution in [0.4, 0.5) is 0 Å². The first kappa shape index (κ1) is 63.1. The molecule has 0 N–H and O–H groups in total. The minimum absolute atomic E-state index is 0.0162. The highest BCUT2D eigenvalue weighted by Gasteiger charge is 2.42. The first-order valence-corrected chi connectivity index (χ1v) is 26.9. The summed E-state index contributed by atoms with van der Waals surface area (Å²) in [5.74, 6) is -5.18. The Bertz CT molecular complexity index is 2200. The number of halogens is 2. The van der Waals surface area contributed by atoms with Gasteiger partial charge in [-0.3, -0.25) is 19.2 Å². The van der Waals surface area contributed by atoms with E-state index < -0.39 is 90.1 Å². The molecule has 15 nitrogen and oxygen atoms in total. The Balaban J connectivity index is 2.28. The van der Waals surface area contributed by atoms with Gasteiger partial charge in [-0.05, 0) is 98.8 Å². The number of aryl methyl sites for hydroxylation is 1. The zero-order valence-corrected chi connectivity index (χ0v) is 48.0. The molecular formula is C57H84Cl2N4O11. The average Bonchev–Trinajstić information content (AvgIpc) is 3.33. The van der Waals surface area contributed by atoms with Crippen LogP contribution in [0, 0.1) is 23.7 Å². The largest absolute Gasteiger partial charge is 0.484 e. The van der Waals surface area contributed by atoms with Crippen molar-refractivity contribution in [3.8, 4) is 0 Å². The van der Waals surface area contributed by atoms with Gasteiger partial charge in [-0.25, -0.2) is 14.4 Å². The Hall–Kier alpha value is -5.15. The molecule has 0 aromatic heterocycles. The first-order chi connectivity index (χ1) is 34.6. The van der Waals surface area contributed by atoms with Crippen molar-refractivity contribution in [2.75, 3.05) is 34.1 Å². The molecule has 4 amide bonds. The molecule has 2 aromatic rings. The Labute approximate surface area is 450 Å². The van der Waals surface area contributed by atoms with Crippen molar-refractivity contribution >= 4 is 64.7 Å². The minimum Gasteiger partial charge on any atom is -0.484 e. The zero-order valence-electron chi connectivity index (χ0n) is 46.5. The van der Waals surface area contributed by atoms with Crippen LogP contribution in [0.3, 0.4) is 0 Å². The van der Waals surface area contributed by atoms with E-state index in [4.69, 9.17) is 42.1 Å². The Morgan fingerprint density at radius 2 is 0.784 bits per heavy atom. The van der Waals surface area contributed by atoms with Crippen molar-refractivity contribution in [1.29, 1.82) is 0 Å². The van der Waals surface area contributed by atoms with Crippen LogP contribution in [0.25, 0.3) is 0 Å². The fourth-order valence-electron chi connectivity index (χ4n) is 8.92. The van der Waals surface area contributed by atoms with E-state index in [2.05, 4.69) is 6.58 Å². The number of rotatable bonds is 15. The van der Waals surface area contributed by atoms with Crippen molar-refractivity contribution in [2.24, 2.45) is 23.7 Å². The number of cyclic esters (lactones) is 3. The van der Waals surface area contributed by atoms with Gasteiger partial charge in [0.2, 0.25) is 0 Å². The molecule has 1 heterocycles. The molecule has 0 radical (unpaired) electrons. The molecule has 17 heteroatoms. The van der Waals surface area contributed by atoms with Crippen molar-refractivity contribution in [3.63, 3.8) is 0 Å². The van der Waals surface area contributed by atoms with Crippen molar-refractivity contribution in [1.82, 2.24) is 19.6 Å². The van der Waals surface area contributed by atoms with Crippen LogP contribution >= 0.6 is 23.2 Å². The molecule has 1 aliphatic rings. The summed E-state index contributed by atoms with van der Waals surface area (Å²) in [5, 5.41) is -0.279. The van der Waals surface area contributed by atoms with E-state index in [-0.39, 0.29) is 66.9 Å². The lowest BCUT2D eigenvalue weighted by atomic mass is 9.99. The maximum Gasteiger partial charge on any atom is 0.329 e. The van der Waals surface area contributed by atoms with Gasteiger partial charge in [0.15, 0.2) is 24.4 Å². The standard InChI is InChI=1S/C57H84Cl2N4O11/c1-33(2)27-45-38(10)71-39(11)51(64)61(14)47(29-35(5)6)56(69)74-50(31-42-19-17-41(18-20-42)25-26-58)54(67)63(16)46(28-34(3)4)55(68)72-40(12)52(65)62(15)48(30-36(7)8)57(70)73-49(53(66)60(45)13)32-43-21-23-44(24-22-43)37(9)59/h17-24,33-37,39-40,45-50H,10,25-32H2,1-9,11-16H3/t37?,39-,40-,45+,46?,47+,48+,49-,50-/m1/s1. The molecule has 74 heavy (non-hydrogen) atoms. The van der Waals surface area contributed by atoms with Gasteiger partial charge in [0.1, 0.15) is 23.9 Å². The SMILES string of the molecule is C=C1O[C@H](C)C(=O)N(C)[C@@H](CC(C)C)C(=O)O[C@H](Cc2ccc(CCCl)cc2)C(=O)N(C)C(CC(C)C)C(=O)O[C@H](C)C(=O)N(C)[C@@H](CC(C)C)C(=O)O[C@H](Cc2ccc(C(C)Cl)cc2)C(=O)N(C)[C@H]1CC(C)C. The highest BCUT2D eigenvalue weighted by molar-refractivity contribution is 6.20. The smallest absolute Gasteiger partial charge is 0.329 e. The lowest BCUT2D eigenvalue weighted by Crippen LogP contribution is -2.54. The summed E-state index contributed by atoms with van der Waals surface area (Å²) in [6.45, 7) is 24.1. The van der Waals surface area contributed by atoms with Gasteiger partial charge in [0.25, 0.3) is 23.6 Å². The van der Waals surface area contributed by atoms with Crippen molar-refractivity contribution < 1.29 is 52.5 Å². The summed E-state index contributed by atoms with van der Waals surface area (Å²) in [4.78, 5) is 107. The molecule has 1 fully saturated rings. The summed E-state index contributed by atoms with van der Waals surface area (Å²) < 4.78 is 24.6. The van der Waals surface area contributed by atoms with Gasteiger partial charge in [0, 0.05) is 46.9 Å². The second-order valence-electron chi connectivity index (χ2n) is 21.6. The Kier molecular flexibility index (Phi) is 24.9. The van der Waals surface area contributed by atoms with Crippen LogP contribution in [-0.2, 0) is 71.8 Å². The van der Waals surface area contributed by atoms with E-state index in [1.807, 2.05) is 98.7 Å². The maximum atomic E-state index is 14.9. The number of alkyl halides is 2. The molecule has 0 saturated carbocycles. The second-order valence-corrected chi connectivity index (χ2v) is 22.6. The zero-order chi connectivity index (χ0) is 55.9. The predicted octanol–water partition coefficient (Wildman–Crippen LogP) is 8.73. The van der Waals surface area contributed by atoms with Gasteiger partial charge >= 0.3 is 17.9 Å². The highest BCUT2D eigenvalue weighted by Crippen LogP contribution is 2.27. The van der Waals surface area contributed by atoms with E-state index >= 15 is 0 Å². The topological polar surface area (TPSA) is 169 Å². The number of carbonyl (C=O) groups is 7. The molecule has 9 atom stereocenters. The lowest BCUT2D eigenvalue weighted by molar-refractivity contribution is -0.174. The summed E-state index contributed by atoms with van der Waals surface area (Å²) >= 11 is 12.4. The number of hydrogen-bond acceptors (Lipinski definition) is 11. The number of ether oxygens (including phenoxy) is 4. The average molecular weight is 1070 g/mol. The minimum atomic E-state index is -1.47. The number of esters is 3. The number of hydrogen-bond donors (Lipinski definition) is 0. The van der Waals surface area contributed by atoms with Crippen LogP contribution in [0.2, 0.25) is 0 Å². The number of carbonyl (C=O) groups excluding carboxylic acids is 7. The number of nitrogens with zero attached hydrogens (tertiary/aromatic N) is 4. The quantitative estimate of drug-likeness (QED) is 0.0950. The van der Waals surface area contributed by atoms with Gasteiger partial charge in [-0.2, -0.15) is 0 Å². The molecule has 3 rings (SSSR count). The van der Waals surface area contributed by atoms with Crippen LogP contribution in [-0.4, -0.2) is 144 Å². The summed E-state index contributed by atoms with van der Waals surface area (Å²) in [5.41, 5.74) is 3.14. The molecular weight excluding hydrogens is 988 g/mol. The van der Waals surface area contributed by atoms with E-state index in [0.717, 1.165) is 11.1 Å². The fraction of sp³-hybridized carbons (Fsp3) is 0.632. The second kappa shape index (κ2) is 29.2. The summed E-state index contributed by atoms with van der Waals surface area (Å²) in [7, 11) is 5.84. The molecule has 1 saturated heterocycles. The van der Waals surface area contributed by atoms with Crippen LogP contribution in [0.15, 0.2) is 60.9 Å². The lowest BCUT2D eigenvalue weighted by Gasteiger charge is -2.36. The predicted molar refractivity (Wildman–Crippen MR) is 288 cm³/mol. The molecule has 1 aliphatic heterocycles. The third kappa shape index (κ3) is 18.3. The molecule has 0 spiro atoms. The van der Waals surface area contributed by atoms with E-state index in [9.17, 15) is 33.6 Å². The first-order valence-electron chi connectivity index (χ1n) is 26.0. The molecule has 0 aliphatic carbocycles. The van der Waals surface area contributed by atoms with Crippen molar-refractivity contribution in [2.45, 2.75) is 175 Å². The maximum absolute atomic E-state index is 14.9. The van der Waals surface area contributed by atoms with E-state index in [1.165, 1.54) is 54.6 Å². The van der Waals surface area contributed by atoms with Crippen LogP contribution in [0.1, 0.15) is 129 Å². The fourth-order valence-corrected chi connectivity index (χ4v) is 9.29. The van der Waals surface area contributed by atoms with E-state index in [1.54, 1.807) is 19.2 Å². The third-order valence-corrected chi connectivity index (χ3v) is 13.7. The Morgan fingerprint density at radius 1 is 0.473 bits per heavy atom. The van der Waals surface area contributed by atoms with Gasteiger partial charge < -0.3 is 38.5 Å². The molecule has 2 unspecified atom stereocenters. The number of benzene rings is 2.